The Balaban J connectivity index is 2.00. The highest BCUT2D eigenvalue weighted by Gasteiger charge is 2.10. The molecule has 1 N–H and O–H groups in total. The molecule has 0 bridgehead atoms. The fourth-order valence-electron chi connectivity index (χ4n) is 2.67. The van der Waals surface area contributed by atoms with Crippen LogP contribution in [-0.4, -0.2) is 17.2 Å². The van der Waals surface area contributed by atoms with Gasteiger partial charge in [0, 0.05) is 12.8 Å². The molecular weight excluding hydrogens is 326 g/mol. The summed E-state index contributed by atoms with van der Waals surface area (Å²) in [5.41, 5.74) is 2.50. The number of hydrogen-bond donors (Lipinski definition) is 1. The van der Waals surface area contributed by atoms with Gasteiger partial charge in [-0.25, -0.2) is 0 Å². The molecule has 132 valence electrons. The molecule has 0 aliphatic heterocycles. The van der Waals surface area contributed by atoms with Crippen LogP contribution in [0.25, 0.3) is 6.08 Å². The Labute approximate surface area is 153 Å². The van der Waals surface area contributed by atoms with E-state index in [0.717, 1.165) is 12.7 Å². The molecule has 0 aliphatic rings. The van der Waals surface area contributed by atoms with Gasteiger partial charge in [-0.3, -0.25) is 4.79 Å². The Kier molecular flexibility index (Phi) is 7.32. The Bertz CT molecular complexity index is 832. The van der Waals surface area contributed by atoms with Crippen molar-refractivity contribution < 1.29 is 14.7 Å². The molecule has 0 atom stereocenters. The number of nitrogens with zero attached hydrogens (tertiary/aromatic N) is 1. The Morgan fingerprint density at radius 2 is 1.88 bits per heavy atom. The van der Waals surface area contributed by atoms with Crippen LogP contribution in [0, 0.1) is 11.3 Å². The molecule has 0 fully saturated rings. The number of rotatable bonds is 9. The lowest BCUT2D eigenvalue weighted by Gasteiger charge is -2.05. The van der Waals surface area contributed by atoms with Gasteiger partial charge in [0.1, 0.15) is 18.1 Å². The van der Waals surface area contributed by atoms with Crippen molar-refractivity contribution in [2.24, 2.45) is 0 Å². The van der Waals surface area contributed by atoms with Crippen molar-refractivity contribution in [3.8, 4) is 11.8 Å². The average molecular weight is 347 g/mol. The van der Waals surface area contributed by atoms with Crippen LogP contribution >= 0.6 is 0 Å². The van der Waals surface area contributed by atoms with Gasteiger partial charge >= 0.3 is 0 Å². The van der Waals surface area contributed by atoms with Crippen molar-refractivity contribution in [1.82, 2.24) is 0 Å². The van der Waals surface area contributed by atoms with Crippen molar-refractivity contribution >= 4 is 18.1 Å². The molecule has 0 radical (unpaired) electrons. The summed E-state index contributed by atoms with van der Waals surface area (Å²) >= 11 is 0. The highest BCUT2D eigenvalue weighted by Crippen LogP contribution is 2.22. The highest BCUT2D eigenvalue weighted by atomic mass is 16.3. The third kappa shape index (κ3) is 5.71. The summed E-state index contributed by atoms with van der Waals surface area (Å²) in [5.74, 6) is -0.137. The largest absolute Gasteiger partial charge is 0.508 e. The summed E-state index contributed by atoms with van der Waals surface area (Å²) in [6.45, 7) is 0. The van der Waals surface area contributed by atoms with E-state index in [1.807, 2.05) is 36.4 Å². The molecule has 0 aromatic heterocycles. The van der Waals surface area contributed by atoms with Gasteiger partial charge in [0.2, 0.25) is 0 Å². The second-order valence-electron chi connectivity index (χ2n) is 6.03. The smallest absolute Gasteiger partial charge is 0.173 e. The monoisotopic (exact) mass is 347 g/mol. The summed E-state index contributed by atoms with van der Waals surface area (Å²) in [6.07, 6.45) is 4.87. The molecule has 0 heterocycles. The van der Waals surface area contributed by atoms with Crippen LogP contribution in [0.3, 0.4) is 0 Å². The molecule has 4 nitrogen and oxygen atoms in total. The van der Waals surface area contributed by atoms with E-state index in [1.54, 1.807) is 12.1 Å². The molecule has 0 saturated heterocycles. The number of ketones is 1. The minimum atomic E-state index is -0.201. The zero-order valence-electron chi connectivity index (χ0n) is 14.5. The standard InChI is InChI=1S/C22H21NO3/c23-16-20(21(25)10-4-8-17-6-2-1-3-7-17)14-18-11-12-19(9-5-13-24)22(26)15-18/h1-3,6-7,11-15,26H,4-5,8-10H2/b20-14+. The molecule has 2 aromatic carbocycles. The van der Waals surface area contributed by atoms with E-state index >= 15 is 0 Å². The zero-order valence-corrected chi connectivity index (χ0v) is 14.5. The third-order valence-corrected chi connectivity index (χ3v) is 4.08. The molecule has 2 rings (SSSR count). The zero-order chi connectivity index (χ0) is 18.8. The van der Waals surface area contributed by atoms with Gasteiger partial charge in [-0.15, -0.1) is 0 Å². The molecule has 0 aliphatic carbocycles. The maximum Gasteiger partial charge on any atom is 0.173 e. The summed E-state index contributed by atoms with van der Waals surface area (Å²) in [6, 6.07) is 16.8. The Morgan fingerprint density at radius 1 is 1.12 bits per heavy atom. The first-order valence-corrected chi connectivity index (χ1v) is 8.58. The first-order valence-electron chi connectivity index (χ1n) is 8.58. The van der Waals surface area contributed by atoms with E-state index in [-0.39, 0.29) is 17.1 Å². The molecule has 0 amide bonds. The lowest BCUT2D eigenvalue weighted by atomic mass is 10.0. The van der Waals surface area contributed by atoms with Gasteiger partial charge in [0.15, 0.2) is 5.78 Å². The second-order valence-corrected chi connectivity index (χ2v) is 6.03. The van der Waals surface area contributed by atoms with Crippen LogP contribution in [0.15, 0.2) is 54.1 Å². The van der Waals surface area contributed by atoms with Crippen LogP contribution in [0.2, 0.25) is 0 Å². The van der Waals surface area contributed by atoms with E-state index in [9.17, 15) is 20.0 Å². The van der Waals surface area contributed by atoms with Crippen molar-refractivity contribution in [2.75, 3.05) is 0 Å². The van der Waals surface area contributed by atoms with Crippen LogP contribution in [0.1, 0.15) is 36.0 Å². The quantitative estimate of drug-likeness (QED) is 0.422. The number of hydrogen-bond acceptors (Lipinski definition) is 4. The van der Waals surface area contributed by atoms with Crippen molar-refractivity contribution in [1.29, 1.82) is 5.26 Å². The number of phenolic OH excluding ortho intramolecular Hbond substituents is 1. The number of nitriles is 1. The Morgan fingerprint density at radius 3 is 2.54 bits per heavy atom. The number of aryl methyl sites for hydroxylation is 2. The van der Waals surface area contributed by atoms with Crippen molar-refractivity contribution in [3.05, 3.63) is 70.8 Å². The molecule has 0 saturated carbocycles. The summed E-state index contributed by atoms with van der Waals surface area (Å²) in [7, 11) is 0. The maximum atomic E-state index is 12.3. The fourth-order valence-corrected chi connectivity index (χ4v) is 2.67. The molecular formula is C22H21NO3. The van der Waals surface area contributed by atoms with E-state index in [2.05, 4.69) is 0 Å². The predicted molar refractivity (Wildman–Crippen MR) is 100 cm³/mol. The SMILES string of the molecule is N#C/C(=C\c1ccc(CCC=O)c(O)c1)C(=O)CCCc1ccccc1. The van der Waals surface area contributed by atoms with Crippen molar-refractivity contribution in [2.45, 2.75) is 32.1 Å². The molecule has 2 aromatic rings. The Hall–Kier alpha value is -3.19. The van der Waals surface area contributed by atoms with Crippen molar-refractivity contribution in [3.63, 3.8) is 0 Å². The number of allylic oxidation sites excluding steroid dienone is 1. The normalized spacial score (nSPS) is 11.0. The van der Waals surface area contributed by atoms with Gasteiger partial charge < -0.3 is 9.90 Å². The number of benzene rings is 2. The molecule has 26 heavy (non-hydrogen) atoms. The first kappa shape index (κ1) is 19.1. The number of carbonyl (C=O) groups excluding carboxylic acids is 2. The first-order chi connectivity index (χ1) is 12.6. The van der Waals surface area contributed by atoms with Crippen LogP contribution < -0.4 is 0 Å². The van der Waals surface area contributed by atoms with E-state index in [0.29, 0.717) is 36.8 Å². The average Bonchev–Trinajstić information content (AvgIpc) is 2.66. The molecule has 0 spiro atoms. The molecule has 0 unspecified atom stereocenters. The lowest BCUT2D eigenvalue weighted by molar-refractivity contribution is -0.115. The van der Waals surface area contributed by atoms with Gasteiger partial charge in [0.05, 0.1) is 5.57 Å². The van der Waals surface area contributed by atoms with Crippen LogP contribution in [0.5, 0.6) is 5.75 Å². The number of aldehydes is 1. The number of Topliss-reactive ketones (excluding diaryl/α,β-unsaturated/α-hetero) is 1. The minimum absolute atomic E-state index is 0.0643. The van der Waals surface area contributed by atoms with E-state index in [1.165, 1.54) is 17.7 Å². The van der Waals surface area contributed by atoms with Gasteiger partial charge in [0.25, 0.3) is 0 Å². The van der Waals surface area contributed by atoms with E-state index in [4.69, 9.17) is 0 Å². The summed E-state index contributed by atoms with van der Waals surface area (Å²) in [5, 5.41) is 19.3. The maximum absolute atomic E-state index is 12.3. The number of aromatic hydroxyl groups is 1. The summed E-state index contributed by atoms with van der Waals surface area (Å²) < 4.78 is 0. The predicted octanol–water partition coefficient (Wildman–Crippen LogP) is 4.02. The topological polar surface area (TPSA) is 78.2 Å². The highest BCUT2D eigenvalue weighted by molar-refractivity contribution is 6.03. The third-order valence-electron chi connectivity index (χ3n) is 4.08. The summed E-state index contributed by atoms with van der Waals surface area (Å²) in [4.78, 5) is 22.7. The van der Waals surface area contributed by atoms with Crippen LogP contribution in [0.4, 0.5) is 0 Å². The van der Waals surface area contributed by atoms with Gasteiger partial charge in [-0.1, -0.05) is 42.5 Å². The van der Waals surface area contributed by atoms with Gasteiger partial charge in [-0.2, -0.15) is 5.26 Å². The minimum Gasteiger partial charge on any atom is -0.508 e. The second kappa shape index (κ2) is 9.95. The number of phenols is 1. The molecule has 4 heteroatoms. The van der Waals surface area contributed by atoms with E-state index < -0.39 is 0 Å². The lowest BCUT2D eigenvalue weighted by Crippen LogP contribution is -2.02. The fraction of sp³-hybridized carbons (Fsp3) is 0.227. The van der Waals surface area contributed by atoms with Gasteiger partial charge in [-0.05, 0) is 48.1 Å². The van der Waals surface area contributed by atoms with Crippen LogP contribution in [-0.2, 0) is 22.4 Å². The number of carbonyl (C=O) groups is 2.